The van der Waals surface area contributed by atoms with Gasteiger partial charge in [-0.25, -0.2) is 0 Å². The molecule has 0 aliphatic heterocycles. The Morgan fingerprint density at radius 3 is 0.235 bits per heavy atom. The first kappa shape index (κ1) is 80.7. The zero-order valence-corrected chi connectivity index (χ0v) is 73.0. The third-order valence-corrected chi connectivity index (χ3v) is 25.8. The van der Waals surface area contributed by atoms with E-state index in [2.05, 4.69) is 546 Å². The minimum absolute atomic E-state index is 1.12. The second-order valence-corrected chi connectivity index (χ2v) is 34.3. The summed E-state index contributed by atoms with van der Waals surface area (Å²) in [5.74, 6) is 0. The van der Waals surface area contributed by atoms with Crippen molar-refractivity contribution >= 4 is 0 Å². The molecule has 0 bridgehead atoms. The van der Waals surface area contributed by atoms with E-state index in [1.807, 2.05) is 0 Å². The second kappa shape index (κ2) is 36.7. The number of hydrogen-bond acceptors (Lipinski definition) is 0. The van der Waals surface area contributed by atoms with Crippen LogP contribution >= 0.6 is 0 Å². The summed E-state index contributed by atoms with van der Waals surface area (Å²) in [6.45, 7) is 0. The summed E-state index contributed by atoms with van der Waals surface area (Å²) in [6, 6.07) is 201. The molecule has 0 aliphatic rings. The van der Waals surface area contributed by atoms with Gasteiger partial charge in [0.1, 0.15) is 0 Å². The average molecular weight is 1680 g/mol. The van der Waals surface area contributed by atoms with Crippen molar-refractivity contribution in [2.24, 2.45) is 0 Å². The zero-order valence-electron chi connectivity index (χ0n) is 73.0. The molecule has 0 heteroatoms. The van der Waals surface area contributed by atoms with Gasteiger partial charge < -0.3 is 0 Å². The highest BCUT2D eigenvalue weighted by atomic mass is 14.2. The van der Waals surface area contributed by atoms with Gasteiger partial charge in [0.25, 0.3) is 0 Å². The largest absolute Gasteiger partial charge is 0.0622 e. The van der Waals surface area contributed by atoms with Crippen molar-refractivity contribution in [1.29, 1.82) is 0 Å². The monoisotopic (exact) mass is 1670 g/mol. The van der Waals surface area contributed by atoms with E-state index < -0.39 is 0 Å². The zero-order chi connectivity index (χ0) is 87.9. The number of benzene rings is 22. The van der Waals surface area contributed by atoms with Gasteiger partial charge in [-0.15, -0.1) is 0 Å². The molecule has 22 rings (SSSR count). The van der Waals surface area contributed by atoms with Crippen molar-refractivity contribution in [3.05, 3.63) is 546 Å². The lowest BCUT2D eigenvalue weighted by atomic mass is 9.89. The topological polar surface area (TPSA) is 0 Å². The summed E-state index contributed by atoms with van der Waals surface area (Å²) in [7, 11) is 0. The van der Waals surface area contributed by atoms with E-state index in [1.165, 1.54) is 106 Å². The maximum atomic E-state index is 2.40. The summed E-state index contributed by atoms with van der Waals surface area (Å²) in [5, 5.41) is 0. The Hall–Kier alpha value is -17.2. The lowest BCUT2D eigenvalue weighted by Gasteiger charge is -2.15. The van der Waals surface area contributed by atoms with Crippen LogP contribution in [0.15, 0.2) is 546 Å². The molecule has 0 N–H and O–H groups in total. The molecule has 0 heterocycles. The predicted molar refractivity (Wildman–Crippen MR) is 561 cm³/mol. The maximum absolute atomic E-state index is 2.40. The van der Waals surface area contributed by atoms with Gasteiger partial charge >= 0.3 is 0 Å². The first-order chi connectivity index (χ1) is 65.3. The fourth-order valence-electron chi connectivity index (χ4n) is 18.8. The molecular formula is C132H90. The smallest absolute Gasteiger partial charge is 0.0171 e. The van der Waals surface area contributed by atoms with Gasteiger partial charge in [-0.2, -0.15) is 0 Å². The summed E-state index contributed by atoms with van der Waals surface area (Å²) in [5.41, 5.74) is 48.7. The van der Waals surface area contributed by atoms with Crippen LogP contribution in [0.4, 0.5) is 0 Å². The molecule has 0 spiro atoms. The molecule has 0 unspecified atom stereocenters. The van der Waals surface area contributed by atoms with Crippen LogP contribution in [0.2, 0.25) is 0 Å². The lowest BCUT2D eigenvalue weighted by Crippen LogP contribution is -1.90. The minimum Gasteiger partial charge on any atom is -0.0622 e. The first-order valence-corrected chi connectivity index (χ1v) is 45.5. The lowest BCUT2D eigenvalue weighted by molar-refractivity contribution is 1.53. The second-order valence-electron chi connectivity index (χ2n) is 34.3. The molecule has 0 saturated carbocycles. The van der Waals surface area contributed by atoms with Crippen LogP contribution in [0, 0.1) is 0 Å². The highest BCUT2D eigenvalue weighted by Crippen LogP contribution is 2.45. The van der Waals surface area contributed by atoms with E-state index in [9.17, 15) is 0 Å². The summed E-state index contributed by atoms with van der Waals surface area (Å²) >= 11 is 0. The van der Waals surface area contributed by atoms with Crippen LogP contribution in [0.3, 0.4) is 0 Å². The average Bonchev–Trinajstić information content (AvgIpc) is 0.785. The molecule has 0 aromatic heterocycles. The van der Waals surface area contributed by atoms with Crippen LogP contribution < -0.4 is 0 Å². The molecular weight excluding hydrogens is 1590 g/mol. The van der Waals surface area contributed by atoms with Crippen LogP contribution in [-0.2, 0) is 0 Å². The predicted octanol–water partition coefficient (Wildman–Crippen LogP) is 36.7. The SMILES string of the molecule is c1ccc(-c2ccc(-c3cccc(-c4cc(-c5cccc(-c6cccc(-c7ccccc7)c6)c5)cc(-c5cccc(-c6cccc(-c7cc(-c8cccc(-c9ccc(-c%10ccccc%10)cc9)c8)cc(-c8cccc(-c9cccc(-c%10cc(-c%11cccc(-c%12ccc(-c%13ccccc%13)cc%12)c%11)cc(-c%11cccc(-c%12cccc(-c%13ccccc%13)c%12)c%11)c%10)c9)c8)c7)c6)c5)c4)c3)cc2)cc1. The van der Waals surface area contributed by atoms with Crippen LogP contribution in [-0.4, -0.2) is 0 Å². The van der Waals surface area contributed by atoms with E-state index in [4.69, 9.17) is 0 Å². The molecule has 0 saturated heterocycles. The molecule has 0 aliphatic carbocycles. The Bertz CT molecular complexity index is 7520. The highest BCUT2D eigenvalue weighted by molar-refractivity contribution is 5.92. The Labute approximate surface area is 774 Å². The third-order valence-electron chi connectivity index (χ3n) is 25.8. The van der Waals surface area contributed by atoms with Crippen molar-refractivity contribution in [3.63, 3.8) is 0 Å². The van der Waals surface area contributed by atoms with Crippen molar-refractivity contribution < 1.29 is 0 Å². The Morgan fingerprint density at radius 2 is 0.114 bits per heavy atom. The van der Waals surface area contributed by atoms with E-state index in [-0.39, 0.29) is 0 Å². The molecule has 0 amide bonds. The molecule has 0 nitrogen and oxygen atoms in total. The van der Waals surface area contributed by atoms with Crippen LogP contribution in [0.1, 0.15) is 0 Å². The quantitative estimate of drug-likeness (QED) is 0.0673. The molecule has 618 valence electrons. The number of rotatable bonds is 21. The van der Waals surface area contributed by atoms with Gasteiger partial charge in [-0.05, 0) is 355 Å². The summed E-state index contributed by atoms with van der Waals surface area (Å²) in [4.78, 5) is 0. The van der Waals surface area contributed by atoms with Gasteiger partial charge in [-0.1, -0.05) is 425 Å². The fraction of sp³-hybridized carbons (Fsp3) is 0. The van der Waals surface area contributed by atoms with E-state index in [0.717, 1.165) is 128 Å². The number of hydrogen-bond donors (Lipinski definition) is 0. The molecule has 22 aromatic carbocycles. The standard InChI is InChI=1S/C132H90/c1-6-27-91(28-7-1)96-59-65-99(66-60-96)104-39-18-50-115(73-104)124-82-127(118-53-21-44-109(76-118)107-42-16-37-102(71-107)94-33-12-4-13-34-94)88-129(84-124)120-55-23-46-111(78-120)113-48-25-57-122(80-113)131-86-126(117-52-20-41-106(75-117)101-69-63-98(64-70-101)93-31-10-3-11-32-93)87-132(90-131)123-58-26-49-114(81-123)112-47-24-56-121(79-112)130-85-125(116-51-19-40-105(74-116)100-67-61-97(62-68-100)92-29-8-2-9-30-92)83-128(89-130)119-54-22-45-110(77-119)108-43-17-38-103(72-108)95-35-14-5-15-36-95/h1-90H. The van der Waals surface area contributed by atoms with Gasteiger partial charge in [0.05, 0.1) is 0 Å². The van der Waals surface area contributed by atoms with Crippen molar-refractivity contribution in [2.45, 2.75) is 0 Å². The molecule has 22 aromatic rings. The Balaban J connectivity index is 0.626. The van der Waals surface area contributed by atoms with Gasteiger partial charge in [0, 0.05) is 0 Å². The summed E-state index contributed by atoms with van der Waals surface area (Å²) < 4.78 is 0. The van der Waals surface area contributed by atoms with Crippen molar-refractivity contribution in [1.82, 2.24) is 0 Å². The van der Waals surface area contributed by atoms with Crippen LogP contribution in [0.25, 0.3) is 234 Å². The van der Waals surface area contributed by atoms with Crippen LogP contribution in [0.5, 0.6) is 0 Å². The summed E-state index contributed by atoms with van der Waals surface area (Å²) in [6.07, 6.45) is 0. The molecule has 0 atom stereocenters. The van der Waals surface area contributed by atoms with Crippen molar-refractivity contribution in [2.75, 3.05) is 0 Å². The molecule has 132 heavy (non-hydrogen) atoms. The van der Waals surface area contributed by atoms with E-state index >= 15 is 0 Å². The highest BCUT2D eigenvalue weighted by Gasteiger charge is 2.19. The minimum atomic E-state index is 1.12. The van der Waals surface area contributed by atoms with Gasteiger partial charge in [-0.3, -0.25) is 0 Å². The third kappa shape index (κ3) is 17.6. The Kier molecular flexibility index (Phi) is 22.4. The normalized spacial score (nSPS) is 11.2. The maximum Gasteiger partial charge on any atom is -0.0171 e. The van der Waals surface area contributed by atoms with Gasteiger partial charge in [0.15, 0.2) is 0 Å². The first-order valence-electron chi connectivity index (χ1n) is 45.5. The van der Waals surface area contributed by atoms with E-state index in [0.29, 0.717) is 0 Å². The molecule has 0 radical (unpaired) electrons. The fourth-order valence-corrected chi connectivity index (χ4v) is 18.8. The van der Waals surface area contributed by atoms with E-state index in [1.54, 1.807) is 0 Å². The molecule has 0 fully saturated rings. The Morgan fingerprint density at radius 1 is 0.0455 bits per heavy atom. The van der Waals surface area contributed by atoms with Gasteiger partial charge in [0.2, 0.25) is 0 Å². The van der Waals surface area contributed by atoms with Crippen molar-refractivity contribution in [3.8, 4) is 234 Å².